The zero-order chi connectivity index (χ0) is 14.1. The Labute approximate surface area is 116 Å². The molecular formula is C16H25NO2. The first-order chi connectivity index (χ1) is 8.97. The van der Waals surface area contributed by atoms with Gasteiger partial charge in [0.1, 0.15) is 5.75 Å². The van der Waals surface area contributed by atoms with E-state index in [2.05, 4.69) is 39.0 Å². The monoisotopic (exact) mass is 263 g/mol. The normalized spacial score (nSPS) is 17.9. The van der Waals surface area contributed by atoms with Gasteiger partial charge in [-0.2, -0.15) is 0 Å². The lowest BCUT2D eigenvalue weighted by molar-refractivity contribution is -0.121. The summed E-state index contributed by atoms with van der Waals surface area (Å²) in [7, 11) is 1.73. The second-order valence-electron chi connectivity index (χ2n) is 6.20. The third kappa shape index (κ3) is 2.26. The Balaban J connectivity index is 2.50. The average molecular weight is 263 g/mol. The number of hydrogen-bond acceptors (Lipinski definition) is 3. The van der Waals surface area contributed by atoms with E-state index in [1.54, 1.807) is 7.11 Å². The van der Waals surface area contributed by atoms with Crippen LogP contribution in [-0.4, -0.2) is 26.9 Å². The standard InChI is InChI=1S/C16H25NO2/c1-12-5-6-14(18-4)13(9-12)16(10-19-11-16)15(2,3)7-8-17/h5-6,9H,7-8,10-11,17H2,1-4H3. The molecule has 1 aromatic carbocycles. The van der Waals surface area contributed by atoms with Gasteiger partial charge in [0.15, 0.2) is 0 Å². The molecule has 2 N–H and O–H groups in total. The number of aryl methyl sites for hydroxylation is 1. The highest BCUT2D eigenvalue weighted by Crippen LogP contribution is 2.51. The third-order valence-corrected chi connectivity index (χ3v) is 4.63. The van der Waals surface area contributed by atoms with Gasteiger partial charge < -0.3 is 15.2 Å². The molecule has 1 heterocycles. The summed E-state index contributed by atoms with van der Waals surface area (Å²) in [5.41, 5.74) is 8.43. The molecule has 3 nitrogen and oxygen atoms in total. The van der Waals surface area contributed by atoms with Crippen LogP contribution in [0.3, 0.4) is 0 Å². The Morgan fingerprint density at radius 3 is 2.53 bits per heavy atom. The van der Waals surface area contributed by atoms with Gasteiger partial charge in [-0.1, -0.05) is 31.5 Å². The summed E-state index contributed by atoms with van der Waals surface area (Å²) in [5.74, 6) is 0.957. The van der Waals surface area contributed by atoms with Crippen LogP contribution in [-0.2, 0) is 10.2 Å². The van der Waals surface area contributed by atoms with Gasteiger partial charge in [-0.15, -0.1) is 0 Å². The largest absolute Gasteiger partial charge is 0.496 e. The molecule has 0 aliphatic carbocycles. The molecule has 1 saturated heterocycles. The Morgan fingerprint density at radius 1 is 1.37 bits per heavy atom. The van der Waals surface area contributed by atoms with Gasteiger partial charge in [0.2, 0.25) is 0 Å². The topological polar surface area (TPSA) is 44.5 Å². The molecule has 2 rings (SSSR count). The molecule has 1 fully saturated rings. The molecule has 3 heteroatoms. The number of benzene rings is 1. The second kappa shape index (κ2) is 5.14. The van der Waals surface area contributed by atoms with E-state index in [1.165, 1.54) is 11.1 Å². The highest BCUT2D eigenvalue weighted by molar-refractivity contribution is 5.45. The molecule has 106 valence electrons. The number of rotatable bonds is 5. The van der Waals surface area contributed by atoms with Crippen molar-refractivity contribution >= 4 is 0 Å². The maximum absolute atomic E-state index is 5.80. The Kier molecular flexibility index (Phi) is 3.88. The van der Waals surface area contributed by atoms with Crippen molar-refractivity contribution in [3.63, 3.8) is 0 Å². The van der Waals surface area contributed by atoms with Crippen molar-refractivity contribution in [2.45, 2.75) is 32.6 Å². The summed E-state index contributed by atoms with van der Waals surface area (Å²) in [6.45, 7) is 8.88. The maximum atomic E-state index is 5.80. The fourth-order valence-corrected chi connectivity index (χ4v) is 3.01. The SMILES string of the molecule is COc1ccc(C)cc1C1(C(C)(C)CCN)COC1. The first-order valence-corrected chi connectivity index (χ1v) is 6.90. The minimum Gasteiger partial charge on any atom is -0.496 e. The molecule has 0 radical (unpaired) electrons. The van der Waals surface area contributed by atoms with Gasteiger partial charge in [-0.25, -0.2) is 0 Å². The Morgan fingerprint density at radius 2 is 2.05 bits per heavy atom. The fraction of sp³-hybridized carbons (Fsp3) is 0.625. The molecule has 0 aromatic heterocycles. The van der Waals surface area contributed by atoms with Crippen LogP contribution in [0.5, 0.6) is 5.75 Å². The van der Waals surface area contributed by atoms with Crippen molar-refractivity contribution in [1.82, 2.24) is 0 Å². The van der Waals surface area contributed by atoms with Crippen LogP contribution in [0.25, 0.3) is 0 Å². The van der Waals surface area contributed by atoms with E-state index in [0.29, 0.717) is 6.54 Å². The van der Waals surface area contributed by atoms with Crippen LogP contribution < -0.4 is 10.5 Å². The van der Waals surface area contributed by atoms with E-state index in [1.807, 2.05) is 0 Å². The van der Waals surface area contributed by atoms with Gasteiger partial charge >= 0.3 is 0 Å². The lowest BCUT2D eigenvalue weighted by Gasteiger charge is -2.53. The first-order valence-electron chi connectivity index (χ1n) is 6.90. The van der Waals surface area contributed by atoms with Crippen LogP contribution in [0.4, 0.5) is 0 Å². The van der Waals surface area contributed by atoms with E-state index in [4.69, 9.17) is 15.2 Å². The molecular weight excluding hydrogens is 238 g/mol. The Bertz CT molecular complexity index is 450. The quantitative estimate of drug-likeness (QED) is 0.888. The zero-order valence-electron chi connectivity index (χ0n) is 12.5. The van der Waals surface area contributed by atoms with E-state index >= 15 is 0 Å². The highest BCUT2D eigenvalue weighted by Gasteiger charge is 2.52. The lowest BCUT2D eigenvalue weighted by Crippen LogP contribution is -2.57. The molecule has 0 amide bonds. The lowest BCUT2D eigenvalue weighted by atomic mass is 9.58. The molecule has 0 saturated carbocycles. The minimum absolute atomic E-state index is 0.0176. The van der Waals surface area contributed by atoms with Crippen molar-refractivity contribution < 1.29 is 9.47 Å². The molecule has 0 unspecified atom stereocenters. The summed E-state index contributed by atoms with van der Waals surface area (Å²) >= 11 is 0. The van der Waals surface area contributed by atoms with Crippen molar-refractivity contribution in [2.24, 2.45) is 11.1 Å². The molecule has 1 aliphatic heterocycles. The first kappa shape index (κ1) is 14.4. The van der Waals surface area contributed by atoms with Crippen molar-refractivity contribution in [1.29, 1.82) is 0 Å². The fourth-order valence-electron chi connectivity index (χ4n) is 3.01. The molecule has 19 heavy (non-hydrogen) atoms. The van der Waals surface area contributed by atoms with Crippen LogP contribution >= 0.6 is 0 Å². The summed E-state index contributed by atoms with van der Waals surface area (Å²) in [4.78, 5) is 0. The van der Waals surface area contributed by atoms with Crippen molar-refractivity contribution in [3.8, 4) is 5.75 Å². The van der Waals surface area contributed by atoms with Crippen LogP contribution in [0.15, 0.2) is 18.2 Å². The smallest absolute Gasteiger partial charge is 0.122 e. The van der Waals surface area contributed by atoms with Gasteiger partial charge in [0.05, 0.1) is 25.7 Å². The van der Waals surface area contributed by atoms with Crippen LogP contribution in [0.1, 0.15) is 31.4 Å². The molecule has 0 atom stereocenters. The van der Waals surface area contributed by atoms with Crippen LogP contribution in [0, 0.1) is 12.3 Å². The van der Waals surface area contributed by atoms with Crippen LogP contribution in [0.2, 0.25) is 0 Å². The molecule has 1 aliphatic rings. The maximum Gasteiger partial charge on any atom is 0.122 e. The summed E-state index contributed by atoms with van der Waals surface area (Å²) < 4.78 is 11.1. The van der Waals surface area contributed by atoms with Gasteiger partial charge in [0, 0.05) is 5.56 Å². The predicted octanol–water partition coefficient (Wildman–Crippen LogP) is 2.65. The summed E-state index contributed by atoms with van der Waals surface area (Å²) in [6.07, 6.45) is 0.980. The van der Waals surface area contributed by atoms with Crippen molar-refractivity contribution in [3.05, 3.63) is 29.3 Å². The van der Waals surface area contributed by atoms with E-state index in [9.17, 15) is 0 Å². The number of methoxy groups -OCH3 is 1. The average Bonchev–Trinajstić information content (AvgIpc) is 2.27. The van der Waals surface area contributed by atoms with Gasteiger partial charge in [0.25, 0.3) is 0 Å². The highest BCUT2D eigenvalue weighted by atomic mass is 16.5. The minimum atomic E-state index is 0.0176. The third-order valence-electron chi connectivity index (χ3n) is 4.63. The van der Waals surface area contributed by atoms with E-state index < -0.39 is 0 Å². The Hall–Kier alpha value is -1.06. The molecule has 0 spiro atoms. The van der Waals surface area contributed by atoms with Gasteiger partial charge in [-0.05, 0) is 31.4 Å². The second-order valence-corrected chi connectivity index (χ2v) is 6.20. The number of hydrogen-bond donors (Lipinski definition) is 1. The molecule has 1 aromatic rings. The predicted molar refractivity (Wildman–Crippen MR) is 77.7 cm³/mol. The van der Waals surface area contributed by atoms with Gasteiger partial charge in [-0.3, -0.25) is 0 Å². The van der Waals surface area contributed by atoms with Crippen molar-refractivity contribution in [2.75, 3.05) is 26.9 Å². The number of nitrogens with two attached hydrogens (primary N) is 1. The zero-order valence-corrected chi connectivity index (χ0v) is 12.5. The molecule has 0 bridgehead atoms. The summed E-state index contributed by atoms with van der Waals surface area (Å²) in [6, 6.07) is 6.38. The van der Waals surface area contributed by atoms with E-state index in [-0.39, 0.29) is 10.8 Å². The summed E-state index contributed by atoms with van der Waals surface area (Å²) in [5, 5.41) is 0. The van der Waals surface area contributed by atoms with E-state index in [0.717, 1.165) is 25.4 Å². The number of ether oxygens (including phenoxy) is 2.